The standard InChI is InChI=1S/C19H19N5O/c1-12-17(15-6-4-3-5-7-15)22-23-18(12)19(25)24-21-13(2)14-8-10-16(20)11-9-14/h3-11H,20H2,1-2H3,(H,22,23)(H,24,25). The highest BCUT2D eigenvalue weighted by molar-refractivity contribution is 6.01. The average molecular weight is 333 g/mol. The van der Waals surface area contributed by atoms with Gasteiger partial charge in [-0.3, -0.25) is 9.89 Å². The van der Waals surface area contributed by atoms with E-state index in [4.69, 9.17) is 5.73 Å². The SMILES string of the molecule is CC(=NNC(=O)c1[nH]nc(-c2ccccc2)c1C)c1ccc(N)cc1. The molecule has 3 rings (SSSR count). The fourth-order valence-corrected chi connectivity index (χ4v) is 2.48. The number of hydrazone groups is 1. The van der Waals surface area contributed by atoms with Crippen molar-refractivity contribution >= 4 is 17.3 Å². The summed E-state index contributed by atoms with van der Waals surface area (Å²) in [6.07, 6.45) is 0. The highest BCUT2D eigenvalue weighted by Crippen LogP contribution is 2.22. The van der Waals surface area contributed by atoms with Gasteiger partial charge in [0, 0.05) is 16.8 Å². The van der Waals surface area contributed by atoms with E-state index < -0.39 is 0 Å². The van der Waals surface area contributed by atoms with Gasteiger partial charge < -0.3 is 5.73 Å². The third-order valence-corrected chi connectivity index (χ3v) is 3.94. The van der Waals surface area contributed by atoms with E-state index in [1.165, 1.54) is 0 Å². The molecule has 6 nitrogen and oxygen atoms in total. The fraction of sp³-hybridized carbons (Fsp3) is 0.105. The van der Waals surface area contributed by atoms with Gasteiger partial charge in [0.1, 0.15) is 5.69 Å². The lowest BCUT2D eigenvalue weighted by atomic mass is 10.1. The van der Waals surface area contributed by atoms with Gasteiger partial charge in [-0.25, -0.2) is 5.43 Å². The lowest BCUT2D eigenvalue weighted by Gasteiger charge is -2.03. The molecule has 0 saturated carbocycles. The van der Waals surface area contributed by atoms with E-state index in [1.54, 1.807) is 12.1 Å². The number of hydrogen-bond acceptors (Lipinski definition) is 4. The topological polar surface area (TPSA) is 96.2 Å². The lowest BCUT2D eigenvalue weighted by Crippen LogP contribution is -2.20. The molecule has 0 spiro atoms. The number of anilines is 1. The molecule has 0 aliphatic carbocycles. The van der Waals surface area contributed by atoms with E-state index in [0.29, 0.717) is 17.1 Å². The van der Waals surface area contributed by atoms with E-state index in [-0.39, 0.29) is 5.91 Å². The molecule has 0 unspecified atom stereocenters. The van der Waals surface area contributed by atoms with Crippen LogP contribution < -0.4 is 11.2 Å². The molecule has 1 aromatic heterocycles. The summed E-state index contributed by atoms with van der Waals surface area (Å²) >= 11 is 0. The predicted molar refractivity (Wildman–Crippen MR) is 99.3 cm³/mol. The van der Waals surface area contributed by atoms with Crippen LogP contribution >= 0.6 is 0 Å². The second-order valence-corrected chi connectivity index (χ2v) is 5.70. The van der Waals surface area contributed by atoms with Gasteiger partial charge in [0.2, 0.25) is 0 Å². The normalized spacial score (nSPS) is 11.4. The zero-order valence-corrected chi connectivity index (χ0v) is 14.1. The van der Waals surface area contributed by atoms with Crippen LogP contribution in [0.5, 0.6) is 0 Å². The molecule has 0 fully saturated rings. The molecule has 0 bridgehead atoms. The number of aromatic amines is 1. The second-order valence-electron chi connectivity index (χ2n) is 5.70. The van der Waals surface area contributed by atoms with Crippen molar-refractivity contribution in [2.24, 2.45) is 5.10 Å². The summed E-state index contributed by atoms with van der Waals surface area (Å²) < 4.78 is 0. The van der Waals surface area contributed by atoms with Crippen LogP contribution in [0.25, 0.3) is 11.3 Å². The number of rotatable bonds is 4. The minimum Gasteiger partial charge on any atom is -0.399 e. The van der Waals surface area contributed by atoms with Gasteiger partial charge in [0.15, 0.2) is 0 Å². The maximum atomic E-state index is 12.4. The van der Waals surface area contributed by atoms with Gasteiger partial charge in [-0.15, -0.1) is 0 Å². The number of carbonyl (C=O) groups excluding carboxylic acids is 1. The number of carbonyl (C=O) groups is 1. The van der Waals surface area contributed by atoms with Crippen LogP contribution in [-0.2, 0) is 0 Å². The highest BCUT2D eigenvalue weighted by Gasteiger charge is 2.16. The molecule has 0 radical (unpaired) electrons. The van der Waals surface area contributed by atoms with E-state index in [1.807, 2.05) is 56.3 Å². The summed E-state index contributed by atoms with van der Waals surface area (Å²) in [6.45, 7) is 3.68. The van der Waals surface area contributed by atoms with Gasteiger partial charge in [-0.05, 0) is 31.5 Å². The molecule has 0 aliphatic heterocycles. The molecule has 25 heavy (non-hydrogen) atoms. The number of hydrogen-bond donors (Lipinski definition) is 3. The first-order valence-corrected chi connectivity index (χ1v) is 7.87. The van der Waals surface area contributed by atoms with Crippen LogP contribution in [0.3, 0.4) is 0 Å². The number of aromatic nitrogens is 2. The first-order valence-electron chi connectivity index (χ1n) is 7.87. The van der Waals surface area contributed by atoms with Crippen LogP contribution in [0, 0.1) is 6.92 Å². The maximum Gasteiger partial charge on any atom is 0.289 e. The van der Waals surface area contributed by atoms with Gasteiger partial charge >= 0.3 is 0 Å². The van der Waals surface area contributed by atoms with Crippen LogP contribution in [-0.4, -0.2) is 21.8 Å². The van der Waals surface area contributed by atoms with Crippen molar-refractivity contribution in [3.63, 3.8) is 0 Å². The largest absolute Gasteiger partial charge is 0.399 e. The minimum atomic E-state index is -0.332. The Kier molecular flexibility index (Phi) is 4.61. The van der Waals surface area contributed by atoms with E-state index >= 15 is 0 Å². The number of nitrogen functional groups attached to an aromatic ring is 1. The number of H-pyrrole nitrogens is 1. The Balaban J connectivity index is 1.77. The molecule has 0 aliphatic rings. The summed E-state index contributed by atoms with van der Waals surface area (Å²) in [7, 11) is 0. The van der Waals surface area contributed by atoms with Crippen molar-refractivity contribution < 1.29 is 4.79 Å². The van der Waals surface area contributed by atoms with Crippen LogP contribution in [0.15, 0.2) is 59.7 Å². The summed E-state index contributed by atoms with van der Waals surface area (Å²) in [5, 5.41) is 11.2. The highest BCUT2D eigenvalue weighted by atomic mass is 16.2. The fourth-order valence-electron chi connectivity index (χ4n) is 2.48. The average Bonchev–Trinajstić information content (AvgIpc) is 3.02. The third kappa shape index (κ3) is 3.58. The Morgan fingerprint density at radius 1 is 1.12 bits per heavy atom. The minimum absolute atomic E-state index is 0.332. The van der Waals surface area contributed by atoms with Crippen LogP contribution in [0.4, 0.5) is 5.69 Å². The van der Waals surface area contributed by atoms with Crippen molar-refractivity contribution in [2.75, 3.05) is 5.73 Å². The Morgan fingerprint density at radius 3 is 2.48 bits per heavy atom. The van der Waals surface area contributed by atoms with Crippen molar-refractivity contribution in [2.45, 2.75) is 13.8 Å². The second kappa shape index (κ2) is 7.00. The van der Waals surface area contributed by atoms with Crippen molar-refractivity contribution in [3.8, 4) is 11.3 Å². The number of nitrogens with two attached hydrogens (primary N) is 1. The smallest absolute Gasteiger partial charge is 0.289 e. The first kappa shape index (κ1) is 16.4. The lowest BCUT2D eigenvalue weighted by molar-refractivity contribution is 0.0949. The Labute approximate surface area is 145 Å². The Morgan fingerprint density at radius 2 is 1.80 bits per heavy atom. The van der Waals surface area contributed by atoms with Crippen molar-refractivity contribution in [3.05, 3.63) is 71.4 Å². The maximum absolute atomic E-state index is 12.4. The number of benzene rings is 2. The molecule has 6 heteroatoms. The molecule has 4 N–H and O–H groups in total. The summed E-state index contributed by atoms with van der Waals surface area (Å²) in [5.74, 6) is -0.332. The predicted octanol–water partition coefficient (Wildman–Crippen LogP) is 3.12. The van der Waals surface area contributed by atoms with Gasteiger partial charge in [-0.2, -0.15) is 10.2 Å². The number of nitrogens with one attached hydrogen (secondary N) is 2. The monoisotopic (exact) mass is 333 g/mol. The molecule has 1 heterocycles. The van der Waals surface area contributed by atoms with Gasteiger partial charge in [0.25, 0.3) is 5.91 Å². The summed E-state index contributed by atoms with van der Waals surface area (Å²) in [5.41, 5.74) is 13.4. The van der Waals surface area contributed by atoms with E-state index in [0.717, 1.165) is 22.4 Å². The number of nitrogens with zero attached hydrogens (tertiary/aromatic N) is 2. The Hall–Kier alpha value is -3.41. The van der Waals surface area contributed by atoms with Gasteiger partial charge in [-0.1, -0.05) is 42.5 Å². The molecule has 3 aromatic rings. The van der Waals surface area contributed by atoms with E-state index in [9.17, 15) is 4.79 Å². The Bertz CT molecular complexity index is 911. The summed E-state index contributed by atoms with van der Waals surface area (Å²) in [4.78, 5) is 12.4. The zero-order valence-electron chi connectivity index (χ0n) is 14.1. The zero-order chi connectivity index (χ0) is 17.8. The molecular formula is C19H19N5O. The van der Waals surface area contributed by atoms with Crippen LogP contribution in [0.2, 0.25) is 0 Å². The third-order valence-electron chi connectivity index (χ3n) is 3.94. The van der Waals surface area contributed by atoms with Crippen molar-refractivity contribution in [1.29, 1.82) is 0 Å². The first-order chi connectivity index (χ1) is 12.1. The molecule has 1 amide bonds. The molecule has 126 valence electrons. The molecular weight excluding hydrogens is 314 g/mol. The van der Waals surface area contributed by atoms with E-state index in [2.05, 4.69) is 20.7 Å². The number of amides is 1. The molecule has 0 saturated heterocycles. The van der Waals surface area contributed by atoms with Gasteiger partial charge in [0.05, 0.1) is 11.4 Å². The van der Waals surface area contributed by atoms with Crippen molar-refractivity contribution in [1.82, 2.24) is 15.6 Å². The van der Waals surface area contributed by atoms with Crippen LogP contribution in [0.1, 0.15) is 28.5 Å². The molecule has 2 aromatic carbocycles. The quantitative estimate of drug-likeness (QED) is 0.389. The summed E-state index contributed by atoms with van der Waals surface area (Å²) in [6, 6.07) is 17.0. The molecule has 0 atom stereocenters.